The van der Waals surface area contributed by atoms with Gasteiger partial charge in [0.1, 0.15) is 0 Å². The van der Waals surface area contributed by atoms with Crippen molar-refractivity contribution in [2.45, 2.75) is 37.1 Å². The monoisotopic (exact) mass is 471 g/mol. The van der Waals surface area contributed by atoms with Gasteiger partial charge in [-0.25, -0.2) is 8.42 Å². The predicted octanol–water partition coefficient (Wildman–Crippen LogP) is 1.92. The molecule has 0 unspecified atom stereocenters. The van der Waals surface area contributed by atoms with Gasteiger partial charge >= 0.3 is 0 Å². The number of sulfonamides is 1. The Morgan fingerprint density at radius 1 is 0.909 bits per heavy atom. The Bertz CT molecular complexity index is 1140. The number of hydrogen-bond donors (Lipinski definition) is 1. The molecule has 1 amide bonds. The van der Waals surface area contributed by atoms with E-state index in [0.717, 1.165) is 24.8 Å². The van der Waals surface area contributed by atoms with Crippen molar-refractivity contribution >= 4 is 15.9 Å². The summed E-state index contributed by atoms with van der Waals surface area (Å²) in [6.45, 7) is 2.70. The molecule has 2 aromatic carbocycles. The molecule has 33 heavy (non-hydrogen) atoms. The van der Waals surface area contributed by atoms with Crippen molar-refractivity contribution in [3.63, 3.8) is 0 Å². The van der Waals surface area contributed by atoms with Crippen molar-refractivity contribution in [2.75, 3.05) is 39.5 Å². The summed E-state index contributed by atoms with van der Waals surface area (Å²) < 4.78 is 38.5. The maximum atomic E-state index is 13.2. The Morgan fingerprint density at radius 3 is 2.48 bits per heavy atom. The summed E-state index contributed by atoms with van der Waals surface area (Å²) in [4.78, 5) is 14.8. The van der Waals surface area contributed by atoms with Crippen LogP contribution in [0.3, 0.4) is 0 Å². The van der Waals surface area contributed by atoms with Crippen LogP contribution in [0.25, 0.3) is 0 Å². The second kappa shape index (κ2) is 9.32. The van der Waals surface area contributed by atoms with Gasteiger partial charge in [-0.1, -0.05) is 12.1 Å². The third-order valence-corrected chi connectivity index (χ3v) is 8.48. The number of benzene rings is 2. The minimum absolute atomic E-state index is 0.0846. The van der Waals surface area contributed by atoms with E-state index in [1.54, 1.807) is 10.4 Å². The van der Waals surface area contributed by atoms with Crippen LogP contribution in [0.4, 0.5) is 0 Å². The van der Waals surface area contributed by atoms with Crippen LogP contribution in [0.5, 0.6) is 11.5 Å². The molecule has 1 N–H and O–H groups in total. The number of hydrogen-bond acceptors (Lipinski definition) is 6. The van der Waals surface area contributed by atoms with E-state index in [1.165, 1.54) is 17.5 Å². The van der Waals surface area contributed by atoms with E-state index in [4.69, 9.17) is 9.47 Å². The molecule has 0 radical (unpaired) electrons. The summed E-state index contributed by atoms with van der Waals surface area (Å²) in [7, 11) is -3.51. The van der Waals surface area contributed by atoms with Crippen LogP contribution in [0.15, 0.2) is 41.3 Å². The summed E-state index contributed by atoms with van der Waals surface area (Å²) >= 11 is 0. The largest absolute Gasteiger partial charge is 0.454 e. The smallest absolute Gasteiger partial charge is 0.243 e. The summed E-state index contributed by atoms with van der Waals surface area (Å²) in [5.41, 5.74) is 3.38. The summed E-state index contributed by atoms with van der Waals surface area (Å²) in [6.07, 6.45) is 4.27. The van der Waals surface area contributed by atoms with Crippen molar-refractivity contribution < 1.29 is 22.7 Å². The van der Waals surface area contributed by atoms with Gasteiger partial charge in [-0.3, -0.25) is 9.69 Å². The normalized spacial score (nSPS) is 18.7. The first-order valence-corrected chi connectivity index (χ1v) is 12.9. The molecule has 2 heterocycles. The molecule has 2 aliphatic heterocycles. The molecule has 2 aromatic rings. The average Bonchev–Trinajstić information content (AvgIpc) is 3.31. The number of nitrogens with one attached hydrogen (secondary N) is 1. The maximum Gasteiger partial charge on any atom is 0.243 e. The van der Waals surface area contributed by atoms with E-state index in [9.17, 15) is 13.2 Å². The predicted molar refractivity (Wildman–Crippen MR) is 123 cm³/mol. The molecule has 0 atom stereocenters. The van der Waals surface area contributed by atoms with Crippen LogP contribution in [-0.4, -0.2) is 63.0 Å². The zero-order valence-corrected chi connectivity index (χ0v) is 19.4. The summed E-state index contributed by atoms with van der Waals surface area (Å²) in [6, 6.07) is 11.2. The number of rotatable bonds is 6. The van der Waals surface area contributed by atoms with Gasteiger partial charge in [-0.2, -0.15) is 4.31 Å². The number of carbonyl (C=O) groups excluding carboxylic acids is 1. The van der Waals surface area contributed by atoms with Gasteiger partial charge in [0.2, 0.25) is 22.7 Å². The van der Waals surface area contributed by atoms with Gasteiger partial charge in [0.15, 0.2) is 11.5 Å². The molecule has 9 heteroatoms. The molecule has 1 saturated heterocycles. The number of aryl methyl sites for hydroxylation is 2. The minimum Gasteiger partial charge on any atom is -0.454 e. The van der Waals surface area contributed by atoms with Crippen LogP contribution in [0.2, 0.25) is 0 Å². The van der Waals surface area contributed by atoms with Gasteiger partial charge in [-0.05, 0) is 66.6 Å². The quantitative estimate of drug-likeness (QED) is 0.693. The van der Waals surface area contributed by atoms with Crippen LogP contribution in [0.1, 0.15) is 29.5 Å². The molecule has 0 spiro atoms. The van der Waals surface area contributed by atoms with Crippen molar-refractivity contribution in [3.05, 3.63) is 53.1 Å². The van der Waals surface area contributed by atoms with Gasteiger partial charge < -0.3 is 14.8 Å². The molecule has 1 fully saturated rings. The van der Waals surface area contributed by atoms with E-state index in [0.29, 0.717) is 49.1 Å². The Labute approximate surface area is 194 Å². The topological polar surface area (TPSA) is 88.2 Å². The Kier molecular flexibility index (Phi) is 6.27. The number of fused-ring (bicyclic) bond motifs is 2. The average molecular weight is 472 g/mol. The van der Waals surface area contributed by atoms with E-state index in [1.807, 2.05) is 35.2 Å². The summed E-state index contributed by atoms with van der Waals surface area (Å²) in [5.74, 6) is 1.32. The molecule has 3 aliphatic rings. The molecule has 1 aliphatic carbocycles. The van der Waals surface area contributed by atoms with Crippen LogP contribution < -0.4 is 14.8 Å². The van der Waals surface area contributed by atoms with Crippen LogP contribution >= 0.6 is 0 Å². The first-order chi connectivity index (χ1) is 16.0. The second-order valence-corrected chi connectivity index (χ2v) is 10.7. The first-order valence-electron chi connectivity index (χ1n) is 11.5. The highest BCUT2D eigenvalue weighted by atomic mass is 32.2. The highest BCUT2D eigenvalue weighted by Crippen LogP contribution is 2.32. The highest BCUT2D eigenvalue weighted by Gasteiger charge is 2.29. The van der Waals surface area contributed by atoms with Crippen molar-refractivity contribution in [1.29, 1.82) is 0 Å². The number of carbonyl (C=O) groups is 1. The fourth-order valence-corrected chi connectivity index (χ4v) is 6.13. The Balaban J connectivity index is 1.12. The standard InChI is InChI=1S/C24H29N3O5S/c28-24(25-15-18-5-8-22-23(13-18)32-17-31-22)16-26-9-11-27(12-10-26)33(29,30)21-7-6-19-3-1-2-4-20(19)14-21/h5-8,13-14H,1-4,9-12,15-17H2,(H,25,28). The molecule has 5 rings (SSSR count). The maximum absolute atomic E-state index is 13.2. The second-order valence-electron chi connectivity index (χ2n) is 8.78. The third-order valence-electron chi connectivity index (χ3n) is 6.58. The van der Waals surface area contributed by atoms with Crippen molar-refractivity contribution in [3.8, 4) is 11.5 Å². The molecule has 0 saturated carbocycles. The van der Waals surface area contributed by atoms with Gasteiger partial charge in [0.05, 0.1) is 11.4 Å². The first kappa shape index (κ1) is 22.2. The zero-order valence-electron chi connectivity index (χ0n) is 18.6. The van der Waals surface area contributed by atoms with E-state index >= 15 is 0 Å². The van der Waals surface area contributed by atoms with Crippen molar-refractivity contribution in [1.82, 2.24) is 14.5 Å². The van der Waals surface area contributed by atoms with E-state index in [-0.39, 0.29) is 19.2 Å². The Morgan fingerprint density at radius 2 is 1.67 bits per heavy atom. The van der Waals surface area contributed by atoms with Gasteiger partial charge in [0, 0.05) is 32.7 Å². The third kappa shape index (κ3) is 4.85. The number of ether oxygens (including phenoxy) is 2. The van der Waals surface area contributed by atoms with Crippen molar-refractivity contribution in [2.24, 2.45) is 0 Å². The van der Waals surface area contributed by atoms with E-state index < -0.39 is 10.0 Å². The Hall–Kier alpha value is -2.62. The number of nitrogens with zero attached hydrogens (tertiary/aromatic N) is 2. The van der Waals surface area contributed by atoms with Crippen LogP contribution in [-0.2, 0) is 34.2 Å². The van der Waals surface area contributed by atoms with Gasteiger partial charge in [-0.15, -0.1) is 0 Å². The molecular weight excluding hydrogens is 442 g/mol. The number of piperazine rings is 1. The number of amides is 1. The fraction of sp³-hybridized carbons (Fsp3) is 0.458. The van der Waals surface area contributed by atoms with E-state index in [2.05, 4.69) is 5.32 Å². The SMILES string of the molecule is O=C(CN1CCN(S(=O)(=O)c2ccc3c(c2)CCCC3)CC1)NCc1ccc2c(c1)OCO2. The lowest BCUT2D eigenvalue weighted by Crippen LogP contribution is -2.51. The highest BCUT2D eigenvalue weighted by molar-refractivity contribution is 7.89. The molecule has 176 valence electrons. The van der Waals surface area contributed by atoms with Gasteiger partial charge in [0.25, 0.3) is 0 Å². The zero-order chi connectivity index (χ0) is 22.8. The molecule has 8 nitrogen and oxygen atoms in total. The lowest BCUT2D eigenvalue weighted by Gasteiger charge is -2.33. The molecule has 0 bridgehead atoms. The summed E-state index contributed by atoms with van der Waals surface area (Å²) in [5, 5.41) is 2.92. The lowest BCUT2D eigenvalue weighted by atomic mass is 9.92. The fourth-order valence-electron chi connectivity index (χ4n) is 4.66. The molecular formula is C24H29N3O5S. The molecule has 0 aromatic heterocycles. The minimum atomic E-state index is -3.51. The lowest BCUT2D eigenvalue weighted by molar-refractivity contribution is -0.122. The van der Waals surface area contributed by atoms with Crippen LogP contribution in [0, 0.1) is 0 Å².